The number of unbranched alkanes of at least 4 members (excludes halogenated alkanes) is 1. The molecule has 106 valence electrons. The fourth-order valence-corrected chi connectivity index (χ4v) is 2.28. The Balaban J connectivity index is 2.79. The second kappa shape index (κ2) is 6.77. The van der Waals surface area contributed by atoms with Gasteiger partial charge in [0.05, 0.1) is 17.0 Å². The van der Waals surface area contributed by atoms with Crippen LogP contribution < -0.4 is 10.0 Å². The number of carbonyl (C=O) groups excluding carboxylic acids is 1. The van der Waals surface area contributed by atoms with Crippen LogP contribution in [0.15, 0.2) is 18.2 Å². The third-order valence-electron chi connectivity index (χ3n) is 2.34. The van der Waals surface area contributed by atoms with Gasteiger partial charge in [0.2, 0.25) is 10.0 Å². The Hall–Kier alpha value is -1.27. The van der Waals surface area contributed by atoms with Gasteiger partial charge in [0.25, 0.3) is 5.91 Å². The third-order valence-corrected chi connectivity index (χ3v) is 3.25. The summed E-state index contributed by atoms with van der Waals surface area (Å²) in [5.41, 5.74) is 0.662. The summed E-state index contributed by atoms with van der Waals surface area (Å²) in [7, 11) is -3.39. The van der Waals surface area contributed by atoms with Crippen LogP contribution in [-0.2, 0) is 10.0 Å². The summed E-state index contributed by atoms with van der Waals surface area (Å²) >= 11 is 5.93. The van der Waals surface area contributed by atoms with E-state index in [-0.39, 0.29) is 16.6 Å². The molecule has 0 bridgehead atoms. The standard InChI is InChI=1S/C12H17ClN2O3S/c1-3-4-7-14-12(16)9-5-6-11(10(13)8-9)15-19(2,17)18/h5-6,8,15H,3-4,7H2,1-2H3,(H,14,16). The van der Waals surface area contributed by atoms with Crippen LogP contribution in [0.4, 0.5) is 5.69 Å². The van der Waals surface area contributed by atoms with Gasteiger partial charge in [-0.1, -0.05) is 24.9 Å². The Labute approximate surface area is 118 Å². The molecule has 19 heavy (non-hydrogen) atoms. The zero-order valence-corrected chi connectivity index (χ0v) is 12.4. The summed E-state index contributed by atoms with van der Waals surface area (Å²) in [6.45, 7) is 2.64. The fraction of sp³-hybridized carbons (Fsp3) is 0.417. The number of anilines is 1. The lowest BCUT2D eigenvalue weighted by atomic mass is 10.2. The highest BCUT2D eigenvalue weighted by Crippen LogP contribution is 2.23. The van der Waals surface area contributed by atoms with Gasteiger partial charge in [0.1, 0.15) is 0 Å². The monoisotopic (exact) mass is 304 g/mol. The van der Waals surface area contributed by atoms with Crippen molar-refractivity contribution in [3.05, 3.63) is 28.8 Å². The SMILES string of the molecule is CCCCNC(=O)c1ccc(NS(C)(=O)=O)c(Cl)c1. The topological polar surface area (TPSA) is 75.3 Å². The van der Waals surface area contributed by atoms with Crippen LogP contribution in [0.3, 0.4) is 0 Å². The van der Waals surface area contributed by atoms with Crippen LogP contribution in [0.25, 0.3) is 0 Å². The molecule has 0 radical (unpaired) electrons. The quantitative estimate of drug-likeness (QED) is 0.791. The molecule has 0 saturated heterocycles. The first-order valence-corrected chi connectivity index (χ1v) is 8.16. The van der Waals surface area contributed by atoms with E-state index < -0.39 is 10.0 Å². The van der Waals surface area contributed by atoms with Gasteiger partial charge in [-0.15, -0.1) is 0 Å². The van der Waals surface area contributed by atoms with Gasteiger partial charge in [-0.2, -0.15) is 0 Å². The molecule has 0 aliphatic carbocycles. The number of amides is 1. The Morgan fingerprint density at radius 3 is 2.58 bits per heavy atom. The van der Waals surface area contributed by atoms with Gasteiger partial charge >= 0.3 is 0 Å². The van der Waals surface area contributed by atoms with E-state index in [0.717, 1.165) is 19.1 Å². The van der Waals surface area contributed by atoms with E-state index >= 15 is 0 Å². The van der Waals surface area contributed by atoms with E-state index in [1.54, 1.807) is 0 Å². The number of rotatable bonds is 6. The van der Waals surface area contributed by atoms with Crippen molar-refractivity contribution >= 4 is 33.2 Å². The summed E-state index contributed by atoms with van der Waals surface area (Å²) in [4.78, 5) is 11.8. The first-order chi connectivity index (χ1) is 8.83. The van der Waals surface area contributed by atoms with Crippen molar-refractivity contribution in [3.63, 3.8) is 0 Å². The number of benzene rings is 1. The minimum Gasteiger partial charge on any atom is -0.352 e. The van der Waals surface area contributed by atoms with Gasteiger partial charge in [-0.05, 0) is 24.6 Å². The normalized spacial score (nSPS) is 11.1. The molecule has 1 amide bonds. The molecule has 0 aromatic heterocycles. The minimum absolute atomic E-state index is 0.188. The Morgan fingerprint density at radius 2 is 2.05 bits per heavy atom. The molecule has 0 heterocycles. The van der Waals surface area contributed by atoms with Crippen LogP contribution in [-0.4, -0.2) is 27.1 Å². The molecule has 7 heteroatoms. The van der Waals surface area contributed by atoms with E-state index in [0.29, 0.717) is 12.1 Å². The summed E-state index contributed by atoms with van der Waals surface area (Å²) in [5, 5.41) is 2.95. The van der Waals surface area contributed by atoms with Gasteiger partial charge in [0, 0.05) is 12.1 Å². The number of halogens is 1. The van der Waals surface area contributed by atoms with E-state index in [9.17, 15) is 13.2 Å². The number of nitrogens with one attached hydrogen (secondary N) is 2. The second-order valence-electron chi connectivity index (χ2n) is 4.18. The lowest BCUT2D eigenvalue weighted by Crippen LogP contribution is -2.24. The highest BCUT2D eigenvalue weighted by Gasteiger charge is 2.10. The molecular weight excluding hydrogens is 288 g/mol. The van der Waals surface area contributed by atoms with Crippen molar-refractivity contribution < 1.29 is 13.2 Å². The van der Waals surface area contributed by atoms with Gasteiger partial charge < -0.3 is 5.32 Å². The minimum atomic E-state index is -3.39. The number of hydrogen-bond donors (Lipinski definition) is 2. The number of sulfonamides is 1. The molecule has 1 rings (SSSR count). The molecule has 0 unspecified atom stereocenters. The molecule has 2 N–H and O–H groups in total. The molecule has 0 aliphatic rings. The van der Waals surface area contributed by atoms with Crippen LogP contribution in [0.2, 0.25) is 5.02 Å². The molecule has 0 spiro atoms. The summed E-state index contributed by atoms with van der Waals surface area (Å²) < 4.78 is 24.5. The third kappa shape index (κ3) is 5.48. The summed E-state index contributed by atoms with van der Waals surface area (Å²) in [6.07, 6.45) is 2.94. The molecule has 5 nitrogen and oxygen atoms in total. The zero-order chi connectivity index (χ0) is 14.5. The molecule has 0 atom stereocenters. The van der Waals surface area contributed by atoms with E-state index in [2.05, 4.69) is 10.0 Å². The van der Waals surface area contributed by atoms with Crippen LogP contribution in [0.5, 0.6) is 0 Å². The first-order valence-electron chi connectivity index (χ1n) is 5.89. The highest BCUT2D eigenvalue weighted by atomic mass is 35.5. The van der Waals surface area contributed by atoms with Crippen LogP contribution >= 0.6 is 11.6 Å². The first kappa shape index (κ1) is 15.8. The summed E-state index contributed by atoms with van der Waals surface area (Å²) in [5.74, 6) is -0.221. The van der Waals surface area contributed by atoms with E-state index in [4.69, 9.17) is 11.6 Å². The lowest BCUT2D eigenvalue weighted by Gasteiger charge is -2.08. The molecular formula is C12H17ClN2O3S. The smallest absolute Gasteiger partial charge is 0.251 e. The second-order valence-corrected chi connectivity index (χ2v) is 6.33. The number of hydrogen-bond acceptors (Lipinski definition) is 3. The Morgan fingerprint density at radius 1 is 1.37 bits per heavy atom. The molecule has 0 aliphatic heterocycles. The van der Waals surface area contributed by atoms with Crippen molar-refractivity contribution in [3.8, 4) is 0 Å². The maximum atomic E-state index is 11.8. The van der Waals surface area contributed by atoms with Crippen molar-refractivity contribution in [1.82, 2.24) is 5.32 Å². The average molecular weight is 305 g/mol. The number of carbonyl (C=O) groups is 1. The Kier molecular flexibility index (Phi) is 5.62. The van der Waals surface area contributed by atoms with Gasteiger partial charge in [-0.25, -0.2) is 8.42 Å². The lowest BCUT2D eigenvalue weighted by molar-refractivity contribution is 0.0953. The predicted molar refractivity (Wildman–Crippen MR) is 77.2 cm³/mol. The molecule has 1 aromatic rings. The fourth-order valence-electron chi connectivity index (χ4n) is 1.42. The maximum Gasteiger partial charge on any atom is 0.251 e. The van der Waals surface area contributed by atoms with Crippen molar-refractivity contribution in [2.75, 3.05) is 17.5 Å². The van der Waals surface area contributed by atoms with Crippen LogP contribution in [0.1, 0.15) is 30.1 Å². The van der Waals surface area contributed by atoms with Gasteiger partial charge in [-0.3, -0.25) is 9.52 Å². The van der Waals surface area contributed by atoms with Crippen molar-refractivity contribution in [2.24, 2.45) is 0 Å². The summed E-state index contributed by atoms with van der Waals surface area (Å²) in [6, 6.07) is 4.44. The maximum absolute atomic E-state index is 11.8. The molecule has 1 aromatic carbocycles. The highest BCUT2D eigenvalue weighted by molar-refractivity contribution is 7.92. The predicted octanol–water partition coefficient (Wildman–Crippen LogP) is 2.24. The van der Waals surface area contributed by atoms with Gasteiger partial charge in [0.15, 0.2) is 0 Å². The molecule has 0 fully saturated rings. The Bertz CT molecular complexity index is 558. The van der Waals surface area contributed by atoms with Crippen molar-refractivity contribution in [1.29, 1.82) is 0 Å². The van der Waals surface area contributed by atoms with E-state index in [1.807, 2.05) is 6.92 Å². The largest absolute Gasteiger partial charge is 0.352 e. The zero-order valence-electron chi connectivity index (χ0n) is 10.9. The average Bonchev–Trinajstić information content (AvgIpc) is 2.30. The van der Waals surface area contributed by atoms with Crippen molar-refractivity contribution in [2.45, 2.75) is 19.8 Å². The molecule has 0 saturated carbocycles. The van der Waals surface area contributed by atoms with Crippen LogP contribution in [0, 0.1) is 0 Å². The van der Waals surface area contributed by atoms with E-state index in [1.165, 1.54) is 18.2 Å².